The summed E-state index contributed by atoms with van der Waals surface area (Å²) in [6.45, 7) is 3.38. The van der Waals surface area contributed by atoms with Crippen LogP contribution in [0.5, 0.6) is 5.75 Å². The van der Waals surface area contributed by atoms with Crippen molar-refractivity contribution in [2.24, 2.45) is 5.10 Å². The van der Waals surface area contributed by atoms with Crippen molar-refractivity contribution >= 4 is 29.8 Å². The molecule has 2 aromatic carbocycles. The number of aromatic nitrogens is 1. The summed E-state index contributed by atoms with van der Waals surface area (Å²) in [5.74, 6) is 1.24. The van der Waals surface area contributed by atoms with Crippen molar-refractivity contribution in [1.29, 1.82) is 0 Å². The molecule has 25 heavy (non-hydrogen) atoms. The zero-order valence-corrected chi connectivity index (χ0v) is 14.4. The maximum absolute atomic E-state index is 6.30. The van der Waals surface area contributed by atoms with E-state index in [2.05, 4.69) is 22.2 Å². The highest BCUT2D eigenvalue weighted by molar-refractivity contribution is 6.33. The van der Waals surface area contributed by atoms with Gasteiger partial charge in [-0.25, -0.2) is 4.98 Å². The predicted octanol–water partition coefficient (Wildman–Crippen LogP) is 4.69. The third-order valence-corrected chi connectivity index (χ3v) is 4.05. The Balaban J connectivity index is 2.01. The fraction of sp³-hybridized carbons (Fsp3) is 0.0526. The van der Waals surface area contributed by atoms with Crippen molar-refractivity contribution in [3.05, 3.63) is 59.6 Å². The van der Waals surface area contributed by atoms with Gasteiger partial charge in [0, 0.05) is 17.8 Å². The molecule has 0 aliphatic rings. The molecule has 3 aromatic rings. The zero-order chi connectivity index (χ0) is 17.8. The smallest absolute Gasteiger partial charge is 0.170 e. The highest BCUT2D eigenvalue weighted by atomic mass is 35.5. The Hall–Kier alpha value is -3.05. The molecular weight excluding hydrogens is 336 g/mol. The van der Waals surface area contributed by atoms with E-state index < -0.39 is 0 Å². The van der Waals surface area contributed by atoms with Crippen molar-refractivity contribution in [3.63, 3.8) is 0 Å². The lowest BCUT2D eigenvalue weighted by Crippen LogP contribution is -2.00. The van der Waals surface area contributed by atoms with Crippen LogP contribution < -0.4 is 15.9 Å². The molecule has 3 rings (SSSR count). The van der Waals surface area contributed by atoms with Crippen LogP contribution in [0.1, 0.15) is 0 Å². The normalized spacial score (nSPS) is 10.3. The van der Waals surface area contributed by atoms with Gasteiger partial charge in [-0.15, -0.1) is 0 Å². The summed E-state index contributed by atoms with van der Waals surface area (Å²) in [6, 6.07) is 17.4. The third-order valence-electron chi connectivity index (χ3n) is 3.77. The zero-order valence-electron chi connectivity index (χ0n) is 13.7. The number of rotatable bonds is 5. The van der Waals surface area contributed by atoms with Crippen molar-refractivity contribution in [2.45, 2.75) is 0 Å². The van der Waals surface area contributed by atoms with Gasteiger partial charge < -0.3 is 10.5 Å². The molecule has 0 saturated heterocycles. The summed E-state index contributed by atoms with van der Waals surface area (Å²) in [7, 11) is 1.66. The van der Waals surface area contributed by atoms with Crippen LogP contribution in [-0.4, -0.2) is 18.8 Å². The van der Waals surface area contributed by atoms with Crippen LogP contribution >= 0.6 is 11.6 Å². The van der Waals surface area contributed by atoms with Gasteiger partial charge in [-0.1, -0.05) is 54.1 Å². The lowest BCUT2D eigenvalue weighted by molar-refractivity contribution is 0.416. The Kier molecular flexibility index (Phi) is 4.86. The van der Waals surface area contributed by atoms with Crippen LogP contribution in [0.4, 0.5) is 11.5 Å². The van der Waals surface area contributed by atoms with Crippen molar-refractivity contribution < 1.29 is 4.74 Å². The molecule has 3 N–H and O–H groups in total. The molecule has 0 aliphatic carbocycles. The van der Waals surface area contributed by atoms with Crippen molar-refractivity contribution in [3.8, 4) is 28.1 Å². The number of hydrazone groups is 1. The van der Waals surface area contributed by atoms with Crippen LogP contribution in [0.15, 0.2) is 59.7 Å². The van der Waals surface area contributed by atoms with Crippen LogP contribution in [0, 0.1) is 0 Å². The van der Waals surface area contributed by atoms with Gasteiger partial charge in [-0.05, 0) is 17.7 Å². The third kappa shape index (κ3) is 3.41. The molecule has 0 aliphatic heterocycles. The second-order valence-electron chi connectivity index (χ2n) is 5.30. The highest BCUT2D eigenvalue weighted by Gasteiger charge is 2.11. The van der Waals surface area contributed by atoms with E-state index in [1.165, 1.54) is 0 Å². The van der Waals surface area contributed by atoms with E-state index in [-0.39, 0.29) is 0 Å². The first-order valence-corrected chi connectivity index (χ1v) is 7.93. The van der Waals surface area contributed by atoms with Crippen molar-refractivity contribution in [1.82, 2.24) is 4.98 Å². The van der Waals surface area contributed by atoms with E-state index in [0.29, 0.717) is 22.2 Å². The molecule has 126 valence electrons. The summed E-state index contributed by atoms with van der Waals surface area (Å²) in [5.41, 5.74) is 12.5. The van der Waals surface area contributed by atoms with E-state index >= 15 is 0 Å². The maximum atomic E-state index is 6.30. The predicted molar refractivity (Wildman–Crippen MR) is 104 cm³/mol. The summed E-state index contributed by atoms with van der Waals surface area (Å²) in [5, 5.41) is 4.07. The molecule has 0 bridgehead atoms. The molecule has 0 amide bonds. The number of anilines is 2. The maximum Gasteiger partial charge on any atom is 0.170 e. The van der Waals surface area contributed by atoms with Crippen LogP contribution in [0.25, 0.3) is 22.4 Å². The van der Waals surface area contributed by atoms with Gasteiger partial charge in [-0.3, -0.25) is 5.43 Å². The first kappa shape index (κ1) is 16.8. The lowest BCUT2D eigenvalue weighted by atomic mass is 10.0. The van der Waals surface area contributed by atoms with E-state index in [9.17, 15) is 0 Å². The number of nitrogens with zero attached hydrogens (tertiary/aromatic N) is 2. The van der Waals surface area contributed by atoms with Gasteiger partial charge in [-0.2, -0.15) is 5.10 Å². The Bertz CT molecular complexity index is 910. The minimum atomic E-state index is 0.409. The number of nitrogen functional groups attached to an aromatic ring is 1. The summed E-state index contributed by atoms with van der Waals surface area (Å²) < 4.78 is 5.42. The average molecular weight is 353 g/mol. The lowest BCUT2D eigenvalue weighted by Gasteiger charge is -2.11. The fourth-order valence-corrected chi connectivity index (χ4v) is 2.83. The number of para-hydroxylation sites is 1. The van der Waals surface area contributed by atoms with E-state index in [1.54, 1.807) is 13.2 Å². The molecule has 0 saturated carbocycles. The van der Waals surface area contributed by atoms with Crippen molar-refractivity contribution in [2.75, 3.05) is 18.3 Å². The Morgan fingerprint density at radius 3 is 2.48 bits per heavy atom. The highest BCUT2D eigenvalue weighted by Crippen LogP contribution is 2.34. The second kappa shape index (κ2) is 7.23. The molecule has 0 fully saturated rings. The SMILES string of the molecule is C=NNc1nc(-c2ccc(-c3ccccc3OC)cc2)c(Cl)cc1N. The molecule has 0 spiro atoms. The topological polar surface area (TPSA) is 72.5 Å². The number of halogens is 1. The standard InChI is InChI=1S/C19H17ClN4O/c1-22-24-19-16(21)11-15(20)18(23-19)13-9-7-12(8-10-13)14-5-3-4-6-17(14)25-2/h3-11H,1,21H2,2H3,(H,23,24). The summed E-state index contributed by atoms with van der Waals surface area (Å²) in [6.07, 6.45) is 0. The minimum Gasteiger partial charge on any atom is -0.496 e. The average Bonchev–Trinajstić information content (AvgIpc) is 2.64. The van der Waals surface area contributed by atoms with Gasteiger partial charge in [0.15, 0.2) is 5.82 Å². The Labute approximate surface area is 151 Å². The monoisotopic (exact) mass is 352 g/mol. The van der Waals surface area contributed by atoms with Gasteiger partial charge in [0.25, 0.3) is 0 Å². The molecule has 5 nitrogen and oxygen atoms in total. The van der Waals surface area contributed by atoms with Crippen LogP contribution in [0.2, 0.25) is 5.02 Å². The molecule has 1 aromatic heterocycles. The van der Waals surface area contributed by atoms with Gasteiger partial charge in [0.2, 0.25) is 0 Å². The largest absolute Gasteiger partial charge is 0.496 e. The number of benzene rings is 2. The van der Waals surface area contributed by atoms with Crippen LogP contribution in [-0.2, 0) is 0 Å². The first-order chi connectivity index (χ1) is 12.1. The van der Waals surface area contributed by atoms with E-state index in [4.69, 9.17) is 22.1 Å². The Morgan fingerprint density at radius 1 is 1.12 bits per heavy atom. The van der Waals surface area contributed by atoms with E-state index in [1.807, 2.05) is 48.5 Å². The number of pyridine rings is 1. The van der Waals surface area contributed by atoms with Gasteiger partial charge >= 0.3 is 0 Å². The number of hydrogen-bond donors (Lipinski definition) is 2. The first-order valence-electron chi connectivity index (χ1n) is 7.55. The molecule has 6 heteroatoms. The quantitative estimate of drug-likeness (QED) is 0.516. The molecular formula is C19H17ClN4O. The van der Waals surface area contributed by atoms with Crippen LogP contribution in [0.3, 0.4) is 0 Å². The van der Waals surface area contributed by atoms with E-state index in [0.717, 1.165) is 22.4 Å². The van der Waals surface area contributed by atoms with Gasteiger partial charge in [0.05, 0.1) is 23.5 Å². The van der Waals surface area contributed by atoms with Gasteiger partial charge in [0.1, 0.15) is 5.75 Å². The molecule has 0 unspecified atom stereocenters. The molecule has 0 radical (unpaired) electrons. The summed E-state index contributed by atoms with van der Waals surface area (Å²) in [4.78, 5) is 4.44. The number of methoxy groups -OCH3 is 1. The minimum absolute atomic E-state index is 0.409. The summed E-state index contributed by atoms with van der Waals surface area (Å²) >= 11 is 6.30. The molecule has 0 atom stereocenters. The number of nitrogens with two attached hydrogens (primary N) is 1. The second-order valence-corrected chi connectivity index (χ2v) is 5.71. The molecule has 1 heterocycles. The number of hydrogen-bond acceptors (Lipinski definition) is 5. The fourth-order valence-electron chi connectivity index (χ4n) is 2.56. The Morgan fingerprint density at radius 2 is 1.80 bits per heavy atom. The number of nitrogens with one attached hydrogen (secondary N) is 1. The number of ether oxygens (including phenoxy) is 1.